The third kappa shape index (κ3) is 9.89. The molecule has 1 aliphatic carbocycles. The molecule has 6 fully saturated rings. The molecule has 388 valence electrons. The van der Waals surface area contributed by atoms with Crippen molar-refractivity contribution in [1.29, 1.82) is 0 Å². The lowest BCUT2D eigenvalue weighted by Crippen LogP contribution is -2.55. The molecular weight excluding hydrogens is 943 g/mol. The van der Waals surface area contributed by atoms with Gasteiger partial charge in [-0.3, -0.25) is 19.9 Å². The zero-order chi connectivity index (χ0) is 51.3. The minimum Gasteiger partial charge on any atom is -0.508 e. The molecule has 2 aromatic heterocycles. The fourth-order valence-corrected chi connectivity index (χ4v) is 13.1. The first-order chi connectivity index (χ1) is 35.8. The number of phenols is 1. The molecule has 7 heterocycles. The van der Waals surface area contributed by atoms with Crippen LogP contribution in [0.5, 0.6) is 11.8 Å². The van der Waals surface area contributed by atoms with E-state index in [1.807, 2.05) is 25.1 Å². The molecule has 3 amide bonds. The maximum absolute atomic E-state index is 17.1. The summed E-state index contributed by atoms with van der Waals surface area (Å²) in [4.78, 5) is 59.9. The first kappa shape index (κ1) is 49.9. The van der Waals surface area contributed by atoms with Crippen LogP contribution in [0.2, 0.25) is 0 Å². The number of pyridine rings is 1. The van der Waals surface area contributed by atoms with Crippen molar-refractivity contribution in [2.24, 2.45) is 17.8 Å². The number of aromatic nitrogens is 3. The van der Waals surface area contributed by atoms with Gasteiger partial charge in [-0.05, 0) is 98.4 Å². The van der Waals surface area contributed by atoms with Crippen LogP contribution in [-0.2, 0) is 11.2 Å². The highest BCUT2D eigenvalue weighted by Gasteiger charge is 2.41. The van der Waals surface area contributed by atoms with Gasteiger partial charge in [0.15, 0.2) is 11.6 Å². The highest BCUT2D eigenvalue weighted by atomic mass is 19.1. The van der Waals surface area contributed by atoms with Crippen LogP contribution in [0.25, 0.3) is 32.9 Å². The summed E-state index contributed by atoms with van der Waals surface area (Å²) in [5, 5.41) is 24.5. The molecule has 1 spiro atoms. The summed E-state index contributed by atoms with van der Waals surface area (Å²) in [6.07, 6.45) is 16.4. The SMILES string of the molecule is C#Cc1c(F)ccc2cc(O)cc(-c3ncc4c(N5CC6CCC(C5)N6)nc(OC[C@H](C)CN5CCN(CC6CCC7(CC6)CCC(C(=O)c6cccc(C8CNC(=O)NC8=O)c6CC)CN7)CC5)nc4c3F)c12. The molecule has 5 atom stereocenters. The highest BCUT2D eigenvalue weighted by Crippen LogP contribution is 2.42. The number of nitrogens with zero attached hydrogens (tertiary/aromatic N) is 6. The number of anilines is 1. The average molecular weight is 1010 g/mol. The van der Waals surface area contributed by atoms with E-state index in [1.54, 1.807) is 6.20 Å². The first-order valence-electron chi connectivity index (χ1n) is 26.7. The minimum absolute atomic E-state index is 0.0282. The van der Waals surface area contributed by atoms with Crippen molar-refractivity contribution in [1.82, 2.24) is 46.0 Å². The molecule has 0 radical (unpaired) electrons. The molecule has 6 aliphatic rings. The number of rotatable bonds is 13. The Balaban J connectivity index is 0.685. The van der Waals surface area contributed by atoms with Gasteiger partial charge in [-0.25, -0.2) is 13.6 Å². The van der Waals surface area contributed by atoms with Crippen LogP contribution in [-0.4, -0.2) is 137 Å². The number of benzene rings is 3. The van der Waals surface area contributed by atoms with Crippen molar-refractivity contribution >= 4 is 45.2 Å². The molecule has 4 unspecified atom stereocenters. The topological polar surface area (TPSA) is 177 Å². The second-order valence-electron chi connectivity index (χ2n) is 21.9. The molecule has 5 saturated heterocycles. The predicted octanol–water partition coefficient (Wildman–Crippen LogP) is 6.68. The molecular formula is C57H66F2N10O5. The van der Waals surface area contributed by atoms with Crippen LogP contribution in [0.4, 0.5) is 19.4 Å². The number of carbonyl (C=O) groups is 3. The summed E-state index contributed by atoms with van der Waals surface area (Å²) in [6.45, 7) is 12.6. The van der Waals surface area contributed by atoms with Gasteiger partial charge in [-0.2, -0.15) is 9.97 Å². The quantitative estimate of drug-likeness (QED) is 0.0625. The number of piperidine rings is 1. The number of urea groups is 1. The lowest BCUT2D eigenvalue weighted by atomic mass is 9.70. The number of ether oxygens (including phenoxy) is 1. The normalized spacial score (nSPS) is 26.0. The number of phenolic OH excluding ortho intramolecular Hbond substituents is 1. The Labute approximate surface area is 430 Å². The summed E-state index contributed by atoms with van der Waals surface area (Å²) in [6, 6.07) is 11.4. The molecule has 5 N–H and O–H groups in total. The second kappa shape index (κ2) is 20.8. The smallest absolute Gasteiger partial charge is 0.321 e. The van der Waals surface area contributed by atoms with Crippen molar-refractivity contribution in [3.8, 4) is 35.4 Å². The van der Waals surface area contributed by atoms with Gasteiger partial charge < -0.3 is 40.5 Å². The Hall–Kier alpha value is -6.32. The molecule has 11 rings (SSSR count). The molecule has 5 aliphatic heterocycles. The van der Waals surface area contributed by atoms with E-state index in [2.05, 4.69) is 58.8 Å². The van der Waals surface area contributed by atoms with Crippen LogP contribution < -0.4 is 30.9 Å². The van der Waals surface area contributed by atoms with E-state index in [1.165, 1.54) is 24.3 Å². The molecule has 3 aromatic carbocycles. The van der Waals surface area contributed by atoms with Crippen molar-refractivity contribution in [2.75, 3.05) is 77.0 Å². The summed E-state index contributed by atoms with van der Waals surface area (Å²) in [5.41, 5.74) is 2.52. The highest BCUT2D eigenvalue weighted by molar-refractivity contribution is 6.04. The van der Waals surface area contributed by atoms with Crippen molar-refractivity contribution in [2.45, 2.75) is 95.2 Å². The van der Waals surface area contributed by atoms with E-state index >= 15 is 8.78 Å². The van der Waals surface area contributed by atoms with E-state index in [0.717, 1.165) is 102 Å². The molecule has 74 heavy (non-hydrogen) atoms. The van der Waals surface area contributed by atoms with Crippen molar-refractivity contribution in [3.05, 3.63) is 82.5 Å². The summed E-state index contributed by atoms with van der Waals surface area (Å²) in [5.74, 6) is 1.41. The fourth-order valence-electron chi connectivity index (χ4n) is 13.1. The summed E-state index contributed by atoms with van der Waals surface area (Å²) < 4.78 is 38.5. The van der Waals surface area contributed by atoms with E-state index in [9.17, 15) is 19.5 Å². The van der Waals surface area contributed by atoms with E-state index in [0.29, 0.717) is 72.8 Å². The summed E-state index contributed by atoms with van der Waals surface area (Å²) >= 11 is 0. The number of carbonyl (C=O) groups excluding carboxylic acids is 3. The zero-order valence-corrected chi connectivity index (χ0v) is 42.3. The van der Waals surface area contributed by atoms with Gasteiger partial charge in [0, 0.05) is 118 Å². The number of imide groups is 1. The van der Waals surface area contributed by atoms with Gasteiger partial charge in [0.25, 0.3) is 0 Å². The number of halogens is 2. The Morgan fingerprint density at radius 1 is 0.973 bits per heavy atom. The fraction of sp³-hybridized carbons (Fsp3) is 0.509. The largest absolute Gasteiger partial charge is 0.508 e. The third-order valence-corrected chi connectivity index (χ3v) is 17.0. The van der Waals surface area contributed by atoms with Gasteiger partial charge in [0.2, 0.25) is 5.91 Å². The molecule has 1 saturated carbocycles. The molecule has 5 aromatic rings. The molecule has 2 bridgehead atoms. The monoisotopic (exact) mass is 1010 g/mol. The maximum Gasteiger partial charge on any atom is 0.321 e. The zero-order valence-electron chi connectivity index (χ0n) is 42.3. The number of nitrogens with one attached hydrogen (secondary N) is 4. The number of amides is 3. The third-order valence-electron chi connectivity index (χ3n) is 17.0. The molecule has 15 nitrogen and oxygen atoms in total. The van der Waals surface area contributed by atoms with Crippen LogP contribution in [0.1, 0.15) is 98.2 Å². The van der Waals surface area contributed by atoms with Gasteiger partial charge in [0.1, 0.15) is 28.6 Å². The van der Waals surface area contributed by atoms with Crippen LogP contribution in [0, 0.1) is 41.7 Å². The summed E-state index contributed by atoms with van der Waals surface area (Å²) in [7, 11) is 0. The van der Waals surface area contributed by atoms with E-state index < -0.39 is 23.6 Å². The Morgan fingerprint density at radius 3 is 2.45 bits per heavy atom. The Bertz CT molecular complexity index is 3020. The lowest BCUT2D eigenvalue weighted by Gasteiger charge is -2.46. The Morgan fingerprint density at radius 2 is 1.73 bits per heavy atom. The number of fused-ring (bicyclic) bond motifs is 4. The number of hydrogen-bond acceptors (Lipinski definition) is 13. The van der Waals surface area contributed by atoms with Gasteiger partial charge >= 0.3 is 12.0 Å². The van der Waals surface area contributed by atoms with Crippen LogP contribution in [0.3, 0.4) is 0 Å². The second-order valence-corrected chi connectivity index (χ2v) is 21.9. The average Bonchev–Trinajstić information content (AvgIpc) is 3.75. The number of piperazine rings is 2. The predicted molar refractivity (Wildman–Crippen MR) is 279 cm³/mol. The Kier molecular flexibility index (Phi) is 14.0. The van der Waals surface area contributed by atoms with Gasteiger partial charge in [-0.15, -0.1) is 6.42 Å². The van der Waals surface area contributed by atoms with Gasteiger partial charge in [-0.1, -0.05) is 44.0 Å². The van der Waals surface area contributed by atoms with Crippen LogP contribution >= 0.6 is 0 Å². The van der Waals surface area contributed by atoms with Crippen molar-refractivity contribution < 1.29 is 33.0 Å². The number of hydrogen-bond donors (Lipinski definition) is 5. The van der Waals surface area contributed by atoms with Crippen LogP contribution in [0.15, 0.2) is 48.7 Å². The van der Waals surface area contributed by atoms with E-state index in [-0.39, 0.29) is 75.1 Å². The number of terminal acetylenes is 1. The van der Waals surface area contributed by atoms with Gasteiger partial charge in [0.05, 0.1) is 23.5 Å². The number of ketones is 1. The number of aromatic hydroxyl groups is 1. The minimum atomic E-state index is -0.738. The maximum atomic E-state index is 17.1. The number of Topliss-reactive ketones (excluding diaryl/α,β-unsaturated/α-hetero) is 1. The molecule has 17 heteroatoms. The standard InChI is InChI=1S/C57H66F2N10O5/c1-4-40-42(45-26-61-55(73)66-54(45)72)7-6-8-43(40)52(71)36-15-18-57(62-25-36)16-13-34(14-17-57)29-68-21-19-67(20-22-68)28-33(3)32-74-56-64-51-46(53(65-56)69-30-37-10-11-38(31-69)63-37)27-60-50(49(51)59)44-24-39(70)23-35-9-12-47(58)41(5-2)48(35)44/h2,6-9,12,23-24,27,33-34,36-38,45,62-63,70H,4,10-11,13-22,25-26,28-32H2,1,3H3,(H2,61,66,72,73)/t33-,34?,36?,37?,38?,45?,57?/m1/s1. The first-order valence-corrected chi connectivity index (χ1v) is 26.7. The lowest BCUT2D eigenvalue weighted by molar-refractivity contribution is -0.122. The van der Waals surface area contributed by atoms with Crippen molar-refractivity contribution in [3.63, 3.8) is 0 Å². The van der Waals surface area contributed by atoms with E-state index in [4.69, 9.17) is 16.1 Å².